The minimum absolute atomic E-state index is 0.147. The quantitative estimate of drug-likeness (QED) is 0.692. The smallest absolute Gasteiger partial charge is 0.237 e. The molecule has 0 radical (unpaired) electrons. The number of primary amides is 1. The van der Waals surface area contributed by atoms with Crippen LogP contribution in [0.1, 0.15) is 44.9 Å². The van der Waals surface area contributed by atoms with Gasteiger partial charge in [0.15, 0.2) is 0 Å². The summed E-state index contributed by atoms with van der Waals surface area (Å²) in [7, 11) is 0. The largest absolute Gasteiger partial charge is 0.392 e. The number of hydrogen-bond donors (Lipinski definition) is 2. The monoisotopic (exact) mass is 309 g/mol. The number of aliphatic hydroxyl groups is 1. The minimum Gasteiger partial charge on any atom is -0.392 e. The number of amides is 1. The number of carbonyl (C=O) groups is 1. The highest BCUT2D eigenvalue weighted by atomic mass is 16.3. The van der Waals surface area contributed by atoms with Gasteiger partial charge in [0.25, 0.3) is 0 Å². The number of β-amino-alcohol motifs (C(OH)–C–C–N with tert-alkyl or cyclic N) is 1. The predicted molar refractivity (Wildman–Crippen MR) is 88.5 cm³/mol. The van der Waals surface area contributed by atoms with Crippen LogP contribution in [0.3, 0.4) is 0 Å². The fourth-order valence-electron chi connectivity index (χ4n) is 3.91. The first-order chi connectivity index (χ1) is 10.6. The number of hydrogen-bond acceptors (Lipinski definition) is 4. The molecular formula is C17H31N3O2. The van der Waals surface area contributed by atoms with Crippen molar-refractivity contribution in [3.05, 3.63) is 12.7 Å². The summed E-state index contributed by atoms with van der Waals surface area (Å²) in [6.45, 7) is 7.95. The third-order valence-corrected chi connectivity index (χ3v) is 5.29. The molecule has 1 amide bonds. The summed E-state index contributed by atoms with van der Waals surface area (Å²) < 4.78 is 0. The fourth-order valence-corrected chi connectivity index (χ4v) is 3.91. The maximum atomic E-state index is 12.1. The molecule has 2 rings (SSSR count). The number of rotatable bonds is 7. The van der Waals surface area contributed by atoms with E-state index in [9.17, 15) is 9.90 Å². The molecule has 2 fully saturated rings. The zero-order valence-corrected chi connectivity index (χ0v) is 13.7. The van der Waals surface area contributed by atoms with Crippen molar-refractivity contribution in [3.8, 4) is 0 Å². The second-order valence-corrected chi connectivity index (χ2v) is 6.76. The van der Waals surface area contributed by atoms with Crippen molar-refractivity contribution >= 4 is 5.91 Å². The molecule has 1 aliphatic carbocycles. The van der Waals surface area contributed by atoms with E-state index in [0.717, 1.165) is 64.7 Å². The van der Waals surface area contributed by atoms with Gasteiger partial charge >= 0.3 is 0 Å². The third kappa shape index (κ3) is 4.09. The van der Waals surface area contributed by atoms with E-state index in [0.29, 0.717) is 6.54 Å². The Morgan fingerprint density at radius 3 is 2.41 bits per heavy atom. The van der Waals surface area contributed by atoms with Crippen LogP contribution in [0.2, 0.25) is 0 Å². The van der Waals surface area contributed by atoms with Gasteiger partial charge in [0.2, 0.25) is 5.91 Å². The lowest BCUT2D eigenvalue weighted by atomic mass is 9.79. The minimum atomic E-state index is -0.411. The van der Waals surface area contributed by atoms with Crippen LogP contribution in [0.25, 0.3) is 0 Å². The van der Waals surface area contributed by atoms with Gasteiger partial charge in [-0.25, -0.2) is 0 Å². The molecule has 1 heterocycles. The van der Waals surface area contributed by atoms with E-state index in [1.165, 1.54) is 6.42 Å². The standard InChI is InChI=1S/C17H31N3O2/c1-2-3-7-15(21)14-19-10-12-20(13-11-19)17(16(18)22)8-5-4-6-9-17/h2,15,21H,1,3-14H2,(H2,18,22)/t15-/m0/s1. The van der Waals surface area contributed by atoms with Gasteiger partial charge in [-0.1, -0.05) is 25.3 Å². The van der Waals surface area contributed by atoms with Crippen molar-refractivity contribution < 1.29 is 9.90 Å². The van der Waals surface area contributed by atoms with E-state index in [2.05, 4.69) is 16.4 Å². The number of nitrogens with zero attached hydrogens (tertiary/aromatic N) is 2. The summed E-state index contributed by atoms with van der Waals surface area (Å²) in [6, 6.07) is 0. The zero-order chi connectivity index (χ0) is 16.0. The van der Waals surface area contributed by atoms with Crippen molar-refractivity contribution in [1.82, 2.24) is 9.80 Å². The van der Waals surface area contributed by atoms with Crippen molar-refractivity contribution in [1.29, 1.82) is 0 Å². The summed E-state index contributed by atoms with van der Waals surface area (Å²) in [5, 5.41) is 10.0. The molecule has 0 aromatic carbocycles. The molecule has 1 saturated heterocycles. The molecule has 1 saturated carbocycles. The molecule has 5 heteroatoms. The van der Waals surface area contributed by atoms with Crippen molar-refractivity contribution in [2.45, 2.75) is 56.6 Å². The van der Waals surface area contributed by atoms with Crippen LogP contribution >= 0.6 is 0 Å². The SMILES string of the molecule is C=CCC[C@H](O)CN1CCN(C2(C(N)=O)CCCCC2)CC1. The number of aliphatic hydroxyl groups excluding tert-OH is 1. The summed E-state index contributed by atoms with van der Waals surface area (Å²) >= 11 is 0. The van der Waals surface area contributed by atoms with Crippen molar-refractivity contribution in [3.63, 3.8) is 0 Å². The first kappa shape index (κ1) is 17.4. The van der Waals surface area contributed by atoms with Crippen LogP contribution in [-0.4, -0.2) is 65.2 Å². The molecule has 0 unspecified atom stereocenters. The highest BCUT2D eigenvalue weighted by Gasteiger charge is 2.44. The maximum Gasteiger partial charge on any atom is 0.237 e. The molecule has 0 bridgehead atoms. The Kier molecular flexibility index (Phi) is 6.41. The summed E-state index contributed by atoms with van der Waals surface area (Å²) in [5.41, 5.74) is 5.35. The van der Waals surface area contributed by atoms with Gasteiger partial charge in [0, 0.05) is 32.7 Å². The molecule has 0 spiro atoms. The maximum absolute atomic E-state index is 12.1. The van der Waals surface area contributed by atoms with Crippen LogP contribution in [0.15, 0.2) is 12.7 Å². The second kappa shape index (κ2) is 8.09. The second-order valence-electron chi connectivity index (χ2n) is 6.76. The molecule has 0 aromatic heterocycles. The van der Waals surface area contributed by atoms with Gasteiger partial charge in [0.1, 0.15) is 5.54 Å². The molecule has 22 heavy (non-hydrogen) atoms. The Morgan fingerprint density at radius 1 is 1.23 bits per heavy atom. The average molecular weight is 309 g/mol. The topological polar surface area (TPSA) is 69.8 Å². The summed E-state index contributed by atoms with van der Waals surface area (Å²) in [5.74, 6) is -0.147. The molecule has 1 aliphatic heterocycles. The Labute approximate surface area is 134 Å². The van der Waals surface area contributed by atoms with E-state index in [1.54, 1.807) is 0 Å². The lowest BCUT2D eigenvalue weighted by molar-refractivity contribution is -0.134. The van der Waals surface area contributed by atoms with Crippen molar-refractivity contribution in [2.75, 3.05) is 32.7 Å². The van der Waals surface area contributed by atoms with E-state index in [1.807, 2.05) is 6.08 Å². The average Bonchev–Trinajstić information content (AvgIpc) is 2.54. The highest BCUT2D eigenvalue weighted by molar-refractivity contribution is 5.84. The van der Waals surface area contributed by atoms with Crippen LogP contribution in [0, 0.1) is 0 Å². The molecule has 2 aliphatic rings. The summed E-state index contributed by atoms with van der Waals surface area (Å²) in [6.07, 6.45) is 8.41. The number of nitrogens with two attached hydrogens (primary N) is 1. The van der Waals surface area contributed by atoms with Gasteiger partial charge in [-0.2, -0.15) is 0 Å². The van der Waals surface area contributed by atoms with Gasteiger partial charge in [-0.3, -0.25) is 14.6 Å². The van der Waals surface area contributed by atoms with E-state index >= 15 is 0 Å². The molecule has 5 nitrogen and oxygen atoms in total. The van der Waals surface area contributed by atoms with E-state index in [4.69, 9.17) is 5.73 Å². The first-order valence-corrected chi connectivity index (χ1v) is 8.65. The van der Waals surface area contributed by atoms with E-state index in [-0.39, 0.29) is 12.0 Å². The normalized spacial score (nSPS) is 24.8. The number of piperazine rings is 1. The van der Waals surface area contributed by atoms with Gasteiger partial charge < -0.3 is 10.8 Å². The molecule has 126 valence electrons. The Morgan fingerprint density at radius 2 is 1.86 bits per heavy atom. The van der Waals surface area contributed by atoms with Gasteiger partial charge in [-0.05, 0) is 25.7 Å². The Balaban J connectivity index is 1.85. The third-order valence-electron chi connectivity index (χ3n) is 5.29. The molecule has 1 atom stereocenters. The van der Waals surface area contributed by atoms with Gasteiger partial charge in [-0.15, -0.1) is 6.58 Å². The van der Waals surface area contributed by atoms with Gasteiger partial charge in [0.05, 0.1) is 6.10 Å². The molecule has 0 aromatic rings. The predicted octanol–water partition coefficient (Wildman–Crippen LogP) is 1.12. The Hall–Kier alpha value is -0.910. The fraction of sp³-hybridized carbons (Fsp3) is 0.824. The van der Waals surface area contributed by atoms with Crippen LogP contribution < -0.4 is 5.73 Å². The lowest BCUT2D eigenvalue weighted by Crippen LogP contribution is -2.63. The summed E-state index contributed by atoms with van der Waals surface area (Å²) in [4.78, 5) is 16.7. The lowest BCUT2D eigenvalue weighted by Gasteiger charge is -2.48. The molecule has 3 N–H and O–H groups in total. The Bertz CT molecular complexity index is 372. The van der Waals surface area contributed by atoms with E-state index < -0.39 is 5.54 Å². The molecular weight excluding hydrogens is 278 g/mol. The zero-order valence-electron chi connectivity index (χ0n) is 13.7. The highest BCUT2D eigenvalue weighted by Crippen LogP contribution is 2.34. The number of allylic oxidation sites excluding steroid dienone is 1. The van der Waals surface area contributed by atoms with Crippen LogP contribution in [-0.2, 0) is 4.79 Å². The number of carbonyl (C=O) groups excluding carboxylic acids is 1. The van der Waals surface area contributed by atoms with Crippen LogP contribution in [0.5, 0.6) is 0 Å². The van der Waals surface area contributed by atoms with Crippen molar-refractivity contribution in [2.24, 2.45) is 5.73 Å². The first-order valence-electron chi connectivity index (χ1n) is 8.65. The van der Waals surface area contributed by atoms with Crippen LogP contribution in [0.4, 0.5) is 0 Å².